The van der Waals surface area contributed by atoms with E-state index in [4.69, 9.17) is 10.5 Å². The van der Waals surface area contributed by atoms with Gasteiger partial charge in [-0.1, -0.05) is 12.8 Å². The second-order valence-corrected chi connectivity index (χ2v) is 6.47. The monoisotopic (exact) mass is 270 g/mol. The quantitative estimate of drug-likeness (QED) is 0.819. The van der Waals surface area contributed by atoms with Crippen LogP contribution in [0.3, 0.4) is 0 Å². The Morgan fingerprint density at radius 2 is 2.00 bits per heavy atom. The minimum atomic E-state index is -3.33. The zero-order valence-electron chi connectivity index (χ0n) is 10.3. The molecule has 1 saturated carbocycles. The van der Waals surface area contributed by atoms with Gasteiger partial charge in [-0.25, -0.2) is 8.42 Å². The summed E-state index contributed by atoms with van der Waals surface area (Å²) < 4.78 is 32.0. The van der Waals surface area contributed by atoms with Crippen molar-refractivity contribution >= 4 is 21.4 Å². The van der Waals surface area contributed by atoms with Gasteiger partial charge in [0.15, 0.2) is 0 Å². The summed E-state index contributed by atoms with van der Waals surface area (Å²) in [5.74, 6) is 0.441. The van der Waals surface area contributed by atoms with Crippen molar-refractivity contribution in [1.82, 2.24) is 0 Å². The van der Waals surface area contributed by atoms with Gasteiger partial charge in [0.05, 0.1) is 18.0 Å². The third kappa shape index (κ3) is 2.69. The Hall–Kier alpha value is -1.43. The highest BCUT2D eigenvalue weighted by molar-refractivity contribution is 7.93. The molecule has 0 bridgehead atoms. The van der Waals surface area contributed by atoms with Crippen molar-refractivity contribution in [1.29, 1.82) is 0 Å². The molecule has 1 aliphatic carbocycles. The molecule has 1 aromatic rings. The Labute approximate surface area is 107 Å². The Kier molecular flexibility index (Phi) is 3.65. The molecule has 0 radical (unpaired) electrons. The third-order valence-electron chi connectivity index (χ3n) is 3.22. The van der Waals surface area contributed by atoms with Crippen LogP contribution in [0.25, 0.3) is 0 Å². The van der Waals surface area contributed by atoms with Crippen molar-refractivity contribution in [3.05, 3.63) is 18.2 Å². The average Bonchev–Trinajstić information content (AvgIpc) is 2.85. The Bertz CT molecular complexity index is 522. The van der Waals surface area contributed by atoms with Gasteiger partial charge in [-0.2, -0.15) is 0 Å². The van der Waals surface area contributed by atoms with E-state index in [1.165, 1.54) is 7.11 Å². The average molecular weight is 270 g/mol. The molecule has 100 valence electrons. The maximum absolute atomic E-state index is 12.2. The fraction of sp³-hybridized carbons (Fsp3) is 0.500. The number of nitrogens with two attached hydrogens (primary N) is 1. The molecule has 2 rings (SSSR count). The van der Waals surface area contributed by atoms with Crippen LogP contribution in [0.5, 0.6) is 5.75 Å². The number of hydrogen-bond donors (Lipinski definition) is 2. The lowest BCUT2D eigenvalue weighted by Gasteiger charge is -2.15. The normalized spacial score (nSPS) is 16.7. The molecule has 1 aliphatic rings. The smallest absolute Gasteiger partial charge is 0.235 e. The number of nitrogen functional groups attached to an aromatic ring is 1. The molecule has 18 heavy (non-hydrogen) atoms. The molecule has 0 aliphatic heterocycles. The summed E-state index contributed by atoms with van der Waals surface area (Å²) in [6.07, 6.45) is 3.41. The molecule has 0 atom stereocenters. The van der Waals surface area contributed by atoms with Gasteiger partial charge in [0.2, 0.25) is 10.0 Å². The maximum Gasteiger partial charge on any atom is 0.235 e. The van der Waals surface area contributed by atoms with E-state index in [9.17, 15) is 8.42 Å². The Morgan fingerprint density at radius 1 is 1.33 bits per heavy atom. The maximum atomic E-state index is 12.2. The molecular weight excluding hydrogens is 252 g/mol. The van der Waals surface area contributed by atoms with Crippen LogP contribution < -0.4 is 15.2 Å². The molecule has 0 heterocycles. The summed E-state index contributed by atoms with van der Waals surface area (Å²) in [6.45, 7) is 0. The lowest BCUT2D eigenvalue weighted by atomic mass is 10.2. The van der Waals surface area contributed by atoms with E-state index in [0.29, 0.717) is 17.1 Å². The molecule has 0 spiro atoms. The van der Waals surface area contributed by atoms with Crippen LogP contribution in [0.4, 0.5) is 11.4 Å². The molecule has 3 N–H and O–H groups in total. The van der Waals surface area contributed by atoms with Gasteiger partial charge in [0, 0.05) is 11.8 Å². The van der Waals surface area contributed by atoms with E-state index in [1.807, 2.05) is 0 Å². The standard InChI is InChI=1S/C12H18N2O3S/c1-17-12-8-9(13)6-7-11(12)14-18(15,16)10-4-2-3-5-10/h6-8,10,14H,2-5,13H2,1H3. The van der Waals surface area contributed by atoms with Crippen molar-refractivity contribution in [2.24, 2.45) is 0 Å². The SMILES string of the molecule is COc1cc(N)ccc1NS(=O)(=O)C1CCCC1. The first-order chi connectivity index (χ1) is 8.53. The van der Waals surface area contributed by atoms with Crippen LogP contribution in [-0.4, -0.2) is 20.8 Å². The highest BCUT2D eigenvalue weighted by Crippen LogP contribution is 2.31. The Morgan fingerprint density at radius 3 is 2.61 bits per heavy atom. The molecular formula is C12H18N2O3S. The predicted octanol–water partition coefficient (Wildman–Crippen LogP) is 1.96. The number of nitrogens with one attached hydrogen (secondary N) is 1. The molecule has 0 unspecified atom stereocenters. The lowest BCUT2D eigenvalue weighted by molar-refractivity contribution is 0.417. The van der Waals surface area contributed by atoms with E-state index in [0.717, 1.165) is 25.7 Å². The van der Waals surface area contributed by atoms with Gasteiger partial charge in [-0.15, -0.1) is 0 Å². The van der Waals surface area contributed by atoms with Crippen molar-refractivity contribution in [3.63, 3.8) is 0 Å². The number of rotatable bonds is 4. The molecule has 1 fully saturated rings. The van der Waals surface area contributed by atoms with E-state index in [1.54, 1.807) is 18.2 Å². The minimum Gasteiger partial charge on any atom is -0.494 e. The molecule has 0 saturated heterocycles. The van der Waals surface area contributed by atoms with Crippen molar-refractivity contribution < 1.29 is 13.2 Å². The van der Waals surface area contributed by atoms with Gasteiger partial charge < -0.3 is 10.5 Å². The van der Waals surface area contributed by atoms with Crippen LogP contribution in [0.2, 0.25) is 0 Å². The highest BCUT2D eigenvalue weighted by atomic mass is 32.2. The number of sulfonamides is 1. The molecule has 1 aromatic carbocycles. The van der Waals surface area contributed by atoms with E-state index >= 15 is 0 Å². The fourth-order valence-corrected chi connectivity index (χ4v) is 3.82. The number of anilines is 2. The summed E-state index contributed by atoms with van der Waals surface area (Å²) in [5.41, 5.74) is 6.61. The van der Waals surface area contributed by atoms with Gasteiger partial charge >= 0.3 is 0 Å². The molecule has 6 heteroatoms. The van der Waals surface area contributed by atoms with Crippen LogP contribution in [-0.2, 0) is 10.0 Å². The summed E-state index contributed by atoms with van der Waals surface area (Å²) in [7, 11) is -1.84. The van der Waals surface area contributed by atoms with Crippen molar-refractivity contribution in [3.8, 4) is 5.75 Å². The lowest BCUT2D eigenvalue weighted by Crippen LogP contribution is -2.25. The number of hydrogen-bond acceptors (Lipinski definition) is 4. The third-order valence-corrected chi connectivity index (χ3v) is 5.07. The largest absolute Gasteiger partial charge is 0.494 e. The number of methoxy groups -OCH3 is 1. The summed E-state index contributed by atoms with van der Waals surface area (Å²) >= 11 is 0. The zero-order chi connectivity index (χ0) is 13.2. The van der Waals surface area contributed by atoms with Crippen LogP contribution in [0.1, 0.15) is 25.7 Å². The van der Waals surface area contributed by atoms with Gasteiger partial charge in [0.25, 0.3) is 0 Å². The molecule has 0 amide bonds. The number of ether oxygens (including phenoxy) is 1. The number of benzene rings is 1. The summed E-state index contributed by atoms with van der Waals surface area (Å²) in [4.78, 5) is 0. The van der Waals surface area contributed by atoms with Crippen molar-refractivity contribution in [2.75, 3.05) is 17.6 Å². The first-order valence-electron chi connectivity index (χ1n) is 5.98. The van der Waals surface area contributed by atoms with Crippen LogP contribution >= 0.6 is 0 Å². The summed E-state index contributed by atoms with van der Waals surface area (Å²) in [5, 5.41) is -0.292. The van der Waals surface area contributed by atoms with Crippen LogP contribution in [0.15, 0.2) is 18.2 Å². The topological polar surface area (TPSA) is 81.4 Å². The molecule has 5 nitrogen and oxygen atoms in total. The predicted molar refractivity (Wildman–Crippen MR) is 72.2 cm³/mol. The highest BCUT2D eigenvalue weighted by Gasteiger charge is 2.29. The first kappa shape index (κ1) is 13.0. The second-order valence-electron chi connectivity index (χ2n) is 4.51. The van der Waals surface area contributed by atoms with E-state index < -0.39 is 10.0 Å². The Balaban J connectivity index is 2.23. The van der Waals surface area contributed by atoms with Gasteiger partial charge in [-0.05, 0) is 25.0 Å². The summed E-state index contributed by atoms with van der Waals surface area (Å²) in [6, 6.07) is 4.88. The minimum absolute atomic E-state index is 0.292. The first-order valence-corrected chi connectivity index (χ1v) is 7.53. The van der Waals surface area contributed by atoms with E-state index in [2.05, 4.69) is 4.72 Å². The van der Waals surface area contributed by atoms with Gasteiger partial charge in [0.1, 0.15) is 5.75 Å². The molecule has 0 aromatic heterocycles. The van der Waals surface area contributed by atoms with Crippen LogP contribution in [0, 0.1) is 0 Å². The van der Waals surface area contributed by atoms with Gasteiger partial charge in [-0.3, -0.25) is 4.72 Å². The second kappa shape index (κ2) is 5.06. The van der Waals surface area contributed by atoms with Crippen molar-refractivity contribution in [2.45, 2.75) is 30.9 Å². The fourth-order valence-electron chi connectivity index (χ4n) is 2.23. The zero-order valence-corrected chi connectivity index (χ0v) is 11.2. The van der Waals surface area contributed by atoms with E-state index in [-0.39, 0.29) is 5.25 Å².